The number of halogens is 1. The lowest BCUT2D eigenvalue weighted by atomic mass is 10.2. The Balaban J connectivity index is 2.30. The van der Waals surface area contributed by atoms with Gasteiger partial charge in [-0.2, -0.15) is 11.3 Å². The molecule has 1 aromatic heterocycles. The van der Waals surface area contributed by atoms with Crippen molar-refractivity contribution < 1.29 is 8.42 Å². The molecule has 0 atom stereocenters. The molecular weight excluding hydrogens is 360 g/mol. The Bertz CT molecular complexity index is 670. The van der Waals surface area contributed by atoms with Crippen molar-refractivity contribution in [3.63, 3.8) is 0 Å². The van der Waals surface area contributed by atoms with E-state index in [-0.39, 0.29) is 4.90 Å². The molecule has 2 N–H and O–H groups in total. The molecule has 0 unspecified atom stereocenters. The zero-order valence-corrected chi connectivity index (χ0v) is 14.1. The molecular formula is C13H15BrN2O2S2. The number of nitrogens with one attached hydrogen (secondary N) is 2. The Morgan fingerprint density at radius 2 is 2.10 bits per heavy atom. The normalized spacial score (nSPS) is 11.5. The Labute approximate surface area is 131 Å². The molecule has 7 heteroatoms. The summed E-state index contributed by atoms with van der Waals surface area (Å²) in [6.45, 7) is 3.49. The zero-order valence-electron chi connectivity index (χ0n) is 10.9. The summed E-state index contributed by atoms with van der Waals surface area (Å²) in [7, 11) is -3.58. The lowest BCUT2D eigenvalue weighted by Gasteiger charge is -2.10. The maximum Gasteiger partial charge on any atom is 0.263 e. The molecule has 0 fully saturated rings. The highest BCUT2D eigenvalue weighted by Crippen LogP contribution is 2.26. The van der Waals surface area contributed by atoms with E-state index in [4.69, 9.17) is 0 Å². The Kier molecular flexibility index (Phi) is 5.20. The van der Waals surface area contributed by atoms with Crippen LogP contribution in [0.5, 0.6) is 0 Å². The van der Waals surface area contributed by atoms with Gasteiger partial charge in [0.25, 0.3) is 10.0 Å². The Hall–Kier alpha value is -0.890. The molecule has 0 bridgehead atoms. The predicted octanol–water partition coefficient (Wildman–Crippen LogP) is 3.42. The number of sulfonamides is 1. The van der Waals surface area contributed by atoms with Crippen LogP contribution in [0.4, 0.5) is 5.69 Å². The summed E-state index contributed by atoms with van der Waals surface area (Å²) in [5.41, 5.74) is 1.51. The minimum Gasteiger partial charge on any atom is -0.313 e. The highest BCUT2D eigenvalue weighted by Gasteiger charge is 2.18. The fraction of sp³-hybridized carbons (Fsp3) is 0.231. The predicted molar refractivity (Wildman–Crippen MR) is 86.7 cm³/mol. The van der Waals surface area contributed by atoms with Crippen LogP contribution in [0.3, 0.4) is 0 Å². The van der Waals surface area contributed by atoms with Crippen LogP contribution in [0.25, 0.3) is 0 Å². The zero-order chi connectivity index (χ0) is 14.6. The van der Waals surface area contributed by atoms with Gasteiger partial charge >= 0.3 is 0 Å². The Morgan fingerprint density at radius 1 is 1.30 bits per heavy atom. The Morgan fingerprint density at radius 3 is 2.75 bits per heavy atom. The van der Waals surface area contributed by atoms with Gasteiger partial charge in [0.1, 0.15) is 4.90 Å². The topological polar surface area (TPSA) is 58.2 Å². The molecule has 2 rings (SSSR count). The van der Waals surface area contributed by atoms with Gasteiger partial charge in [-0.15, -0.1) is 0 Å². The van der Waals surface area contributed by atoms with Crippen LogP contribution in [0.2, 0.25) is 0 Å². The van der Waals surface area contributed by atoms with Gasteiger partial charge in [-0.3, -0.25) is 4.72 Å². The van der Waals surface area contributed by atoms with Crippen molar-refractivity contribution >= 4 is 43.0 Å². The molecule has 108 valence electrons. The highest BCUT2D eigenvalue weighted by atomic mass is 79.9. The quantitative estimate of drug-likeness (QED) is 0.814. The van der Waals surface area contributed by atoms with Crippen molar-refractivity contribution in [2.45, 2.75) is 18.4 Å². The summed E-state index contributed by atoms with van der Waals surface area (Å²) in [5.74, 6) is 0. The average Bonchev–Trinajstić information content (AvgIpc) is 2.89. The molecule has 0 saturated heterocycles. The second-order valence-corrected chi connectivity index (χ2v) is 7.45. The summed E-state index contributed by atoms with van der Waals surface area (Å²) < 4.78 is 27.9. The van der Waals surface area contributed by atoms with Crippen LogP contribution < -0.4 is 10.0 Å². The van der Waals surface area contributed by atoms with E-state index in [9.17, 15) is 8.42 Å². The second kappa shape index (κ2) is 6.71. The van der Waals surface area contributed by atoms with E-state index in [1.165, 1.54) is 11.3 Å². The van der Waals surface area contributed by atoms with Gasteiger partial charge in [0.15, 0.2) is 0 Å². The van der Waals surface area contributed by atoms with Gasteiger partial charge in [0, 0.05) is 16.4 Å². The second-order valence-electron chi connectivity index (χ2n) is 4.16. The highest BCUT2D eigenvalue weighted by molar-refractivity contribution is 9.10. The maximum atomic E-state index is 12.4. The van der Waals surface area contributed by atoms with Gasteiger partial charge in [0.2, 0.25) is 0 Å². The minimum absolute atomic E-state index is 0.249. The lowest BCUT2D eigenvalue weighted by molar-refractivity contribution is 0.600. The molecule has 0 amide bonds. The number of benzene rings is 1. The fourth-order valence-electron chi connectivity index (χ4n) is 1.67. The number of anilines is 1. The number of hydrogen-bond acceptors (Lipinski definition) is 4. The van der Waals surface area contributed by atoms with Crippen LogP contribution in [0.1, 0.15) is 12.5 Å². The third-order valence-electron chi connectivity index (χ3n) is 2.64. The van der Waals surface area contributed by atoms with E-state index in [1.807, 2.05) is 18.4 Å². The van der Waals surface area contributed by atoms with Gasteiger partial charge in [-0.1, -0.05) is 13.0 Å². The van der Waals surface area contributed by atoms with Crippen molar-refractivity contribution in [1.82, 2.24) is 5.32 Å². The van der Waals surface area contributed by atoms with Gasteiger partial charge in [0.05, 0.1) is 5.69 Å². The maximum absolute atomic E-state index is 12.4. The van der Waals surface area contributed by atoms with Crippen molar-refractivity contribution in [2.24, 2.45) is 0 Å². The van der Waals surface area contributed by atoms with Gasteiger partial charge in [-0.05, 0) is 51.6 Å². The molecule has 0 radical (unpaired) electrons. The fourth-order valence-corrected chi connectivity index (χ4v) is 4.39. The van der Waals surface area contributed by atoms with Crippen LogP contribution in [0, 0.1) is 0 Å². The molecule has 0 aliphatic rings. The van der Waals surface area contributed by atoms with Crippen molar-refractivity contribution in [1.29, 1.82) is 0 Å². The van der Waals surface area contributed by atoms with E-state index >= 15 is 0 Å². The molecule has 0 aliphatic heterocycles. The average molecular weight is 375 g/mol. The van der Waals surface area contributed by atoms with E-state index in [0.29, 0.717) is 16.7 Å². The van der Waals surface area contributed by atoms with E-state index in [1.54, 1.807) is 23.6 Å². The largest absolute Gasteiger partial charge is 0.313 e. The van der Waals surface area contributed by atoms with Crippen molar-refractivity contribution in [3.8, 4) is 0 Å². The summed E-state index contributed by atoms with van der Waals surface area (Å²) in [6.07, 6.45) is 0. The summed E-state index contributed by atoms with van der Waals surface area (Å²) in [5, 5.41) is 6.77. The van der Waals surface area contributed by atoms with Gasteiger partial charge in [-0.25, -0.2) is 8.42 Å². The smallest absolute Gasteiger partial charge is 0.263 e. The first-order valence-corrected chi connectivity index (χ1v) is 9.29. The van der Waals surface area contributed by atoms with Crippen LogP contribution in [-0.2, 0) is 16.6 Å². The van der Waals surface area contributed by atoms with Crippen molar-refractivity contribution in [2.75, 3.05) is 11.3 Å². The molecule has 0 aliphatic carbocycles. The lowest BCUT2D eigenvalue weighted by Crippen LogP contribution is -2.15. The third kappa shape index (κ3) is 3.82. The molecule has 2 aromatic rings. The van der Waals surface area contributed by atoms with Gasteiger partial charge < -0.3 is 5.32 Å². The number of rotatable bonds is 6. The molecule has 1 aromatic carbocycles. The number of hydrogen-bond donors (Lipinski definition) is 2. The first-order valence-electron chi connectivity index (χ1n) is 6.07. The summed E-state index contributed by atoms with van der Waals surface area (Å²) in [4.78, 5) is 0.249. The van der Waals surface area contributed by atoms with Crippen LogP contribution in [0.15, 0.2) is 44.4 Å². The van der Waals surface area contributed by atoms with Crippen LogP contribution >= 0.6 is 27.3 Å². The first kappa shape index (κ1) is 15.5. The minimum atomic E-state index is -3.58. The molecule has 0 saturated carbocycles. The third-order valence-corrected chi connectivity index (χ3v) is 5.70. The van der Waals surface area contributed by atoms with E-state index in [0.717, 1.165) is 12.1 Å². The summed E-state index contributed by atoms with van der Waals surface area (Å²) in [6, 6.07) is 7.07. The van der Waals surface area contributed by atoms with Crippen LogP contribution in [-0.4, -0.2) is 15.0 Å². The molecule has 0 spiro atoms. The van der Waals surface area contributed by atoms with E-state index in [2.05, 4.69) is 26.0 Å². The van der Waals surface area contributed by atoms with E-state index < -0.39 is 10.0 Å². The SMILES string of the molecule is CCNCc1ccc(Br)c(S(=O)(=O)Nc2ccsc2)c1. The standard InChI is InChI=1S/C13H15BrN2O2S2/c1-2-15-8-10-3-4-12(14)13(7-10)20(17,18)16-11-5-6-19-9-11/h3-7,9,15-16H,2,8H2,1H3. The summed E-state index contributed by atoms with van der Waals surface area (Å²) >= 11 is 4.75. The first-order chi connectivity index (χ1) is 9.53. The monoisotopic (exact) mass is 374 g/mol. The molecule has 1 heterocycles. The molecule has 20 heavy (non-hydrogen) atoms. The van der Waals surface area contributed by atoms with Crippen molar-refractivity contribution in [3.05, 3.63) is 45.1 Å². The number of thiophene rings is 1. The molecule has 4 nitrogen and oxygen atoms in total.